The lowest BCUT2D eigenvalue weighted by atomic mass is 9.95. The molecule has 15 heavy (non-hydrogen) atoms. The Balaban J connectivity index is 2.15. The van der Waals surface area contributed by atoms with Crippen LogP contribution in [0.2, 0.25) is 0 Å². The quantitative estimate of drug-likeness (QED) is 0.854. The van der Waals surface area contributed by atoms with E-state index in [0.717, 1.165) is 12.0 Å². The smallest absolute Gasteiger partial charge is 0.335 e. The number of thioether (sulfide) groups is 1. The average Bonchev–Trinajstić information content (AvgIpc) is 2.71. The third-order valence-electron chi connectivity index (χ3n) is 2.78. The third kappa shape index (κ3) is 2.53. The van der Waals surface area contributed by atoms with Crippen LogP contribution in [-0.2, 0) is 6.42 Å². The van der Waals surface area contributed by atoms with Gasteiger partial charge in [0.25, 0.3) is 0 Å². The van der Waals surface area contributed by atoms with Gasteiger partial charge in [0.15, 0.2) is 0 Å². The third-order valence-corrected chi connectivity index (χ3v) is 4.01. The molecule has 0 bridgehead atoms. The molecule has 0 aliphatic carbocycles. The number of carboxylic acid groups (broad SMARTS) is 1. The van der Waals surface area contributed by atoms with Gasteiger partial charge in [-0.15, -0.1) is 0 Å². The zero-order valence-corrected chi connectivity index (χ0v) is 9.30. The molecule has 1 aromatic rings. The second-order valence-electron chi connectivity index (χ2n) is 3.90. The normalized spacial score (nSPS) is 20.4. The molecule has 0 saturated carbocycles. The molecule has 0 radical (unpaired) electrons. The Bertz CT molecular complexity index is 356. The van der Waals surface area contributed by atoms with Gasteiger partial charge in [0.05, 0.1) is 5.56 Å². The summed E-state index contributed by atoms with van der Waals surface area (Å²) in [5, 5.41) is 9.03. The van der Waals surface area contributed by atoms with Crippen LogP contribution < -0.4 is 0 Å². The van der Waals surface area contributed by atoms with Crippen LogP contribution in [0.25, 0.3) is 0 Å². The zero-order chi connectivity index (χ0) is 10.7. The van der Waals surface area contributed by atoms with Crippen LogP contribution in [0.3, 0.4) is 0 Å². The topological polar surface area (TPSA) is 37.3 Å². The van der Waals surface area contributed by atoms with E-state index in [1.54, 1.807) is 12.1 Å². The van der Waals surface area contributed by atoms with Crippen LogP contribution in [0.15, 0.2) is 24.3 Å². The molecule has 1 saturated heterocycles. The van der Waals surface area contributed by atoms with E-state index >= 15 is 0 Å². The summed E-state index contributed by atoms with van der Waals surface area (Å²) in [7, 11) is 0. The summed E-state index contributed by atoms with van der Waals surface area (Å²) in [5.41, 5.74) is 1.45. The summed E-state index contributed by atoms with van der Waals surface area (Å²) < 4.78 is 0. The lowest BCUT2D eigenvalue weighted by molar-refractivity contribution is 0.0695. The van der Waals surface area contributed by atoms with Gasteiger partial charge in [-0.05, 0) is 41.9 Å². The Morgan fingerprint density at radius 2 is 2.27 bits per heavy atom. The lowest BCUT2D eigenvalue weighted by Crippen LogP contribution is -2.08. The number of hydrogen-bond donors (Lipinski definition) is 1. The number of aromatic carboxylic acids is 1. The van der Waals surface area contributed by atoms with E-state index < -0.39 is 5.97 Å². The minimum absolute atomic E-state index is 0.467. The monoisotopic (exact) mass is 222 g/mol. The van der Waals surface area contributed by atoms with Gasteiger partial charge in [0, 0.05) is 0 Å². The van der Waals surface area contributed by atoms with Gasteiger partial charge < -0.3 is 5.11 Å². The van der Waals surface area contributed by atoms with Gasteiger partial charge in [0.1, 0.15) is 0 Å². The fourth-order valence-electron chi connectivity index (χ4n) is 1.96. The summed E-state index contributed by atoms with van der Waals surface area (Å²) in [6.45, 7) is 0. The molecule has 2 nitrogen and oxygen atoms in total. The number of benzene rings is 1. The number of hydrogen-bond acceptors (Lipinski definition) is 2. The number of carboxylic acids is 1. The van der Waals surface area contributed by atoms with Crippen LogP contribution in [0.1, 0.15) is 22.3 Å². The van der Waals surface area contributed by atoms with Crippen molar-refractivity contribution in [3.05, 3.63) is 35.4 Å². The van der Waals surface area contributed by atoms with Gasteiger partial charge in [-0.3, -0.25) is 0 Å². The number of rotatable bonds is 3. The van der Waals surface area contributed by atoms with Crippen molar-refractivity contribution < 1.29 is 9.90 Å². The molecule has 1 aliphatic heterocycles. The average molecular weight is 222 g/mol. The number of carbonyl (C=O) groups is 1. The van der Waals surface area contributed by atoms with E-state index in [1.165, 1.54) is 17.9 Å². The van der Waals surface area contributed by atoms with E-state index in [9.17, 15) is 4.79 Å². The van der Waals surface area contributed by atoms with Crippen molar-refractivity contribution in [2.45, 2.75) is 12.8 Å². The van der Waals surface area contributed by atoms with E-state index in [4.69, 9.17) is 5.11 Å². The summed E-state index contributed by atoms with van der Waals surface area (Å²) >= 11 is 1.97. The standard InChI is InChI=1S/C12H14O2S/c13-12(14)11-4-2-1-3-10(11)7-9-5-6-15-8-9/h1-4,9H,5-8H2,(H,13,14). The van der Waals surface area contributed by atoms with Crippen molar-refractivity contribution in [1.29, 1.82) is 0 Å². The molecule has 1 unspecified atom stereocenters. The molecular weight excluding hydrogens is 208 g/mol. The molecule has 2 rings (SSSR count). The summed E-state index contributed by atoms with van der Waals surface area (Å²) in [6.07, 6.45) is 2.13. The predicted octanol–water partition coefficient (Wildman–Crippen LogP) is 2.68. The predicted molar refractivity (Wildman–Crippen MR) is 62.5 cm³/mol. The Morgan fingerprint density at radius 1 is 1.47 bits per heavy atom. The highest BCUT2D eigenvalue weighted by molar-refractivity contribution is 7.99. The van der Waals surface area contributed by atoms with Crippen molar-refractivity contribution in [2.75, 3.05) is 11.5 Å². The minimum Gasteiger partial charge on any atom is -0.478 e. The molecular formula is C12H14O2S. The highest BCUT2D eigenvalue weighted by Gasteiger charge is 2.18. The molecule has 0 spiro atoms. The lowest BCUT2D eigenvalue weighted by Gasteiger charge is -2.10. The molecule has 0 aromatic heterocycles. The van der Waals surface area contributed by atoms with Crippen LogP contribution in [0.4, 0.5) is 0 Å². The van der Waals surface area contributed by atoms with Crippen molar-refractivity contribution in [3.63, 3.8) is 0 Å². The molecule has 1 fully saturated rings. The molecule has 1 aliphatic rings. The van der Waals surface area contributed by atoms with E-state index in [-0.39, 0.29) is 0 Å². The maximum absolute atomic E-state index is 11.0. The first-order valence-corrected chi connectivity index (χ1v) is 6.32. The van der Waals surface area contributed by atoms with Crippen molar-refractivity contribution >= 4 is 17.7 Å². The van der Waals surface area contributed by atoms with Gasteiger partial charge in [0.2, 0.25) is 0 Å². The second kappa shape index (κ2) is 4.71. The second-order valence-corrected chi connectivity index (χ2v) is 5.05. The maximum Gasteiger partial charge on any atom is 0.335 e. The minimum atomic E-state index is -0.809. The zero-order valence-electron chi connectivity index (χ0n) is 8.48. The fourth-order valence-corrected chi connectivity index (χ4v) is 3.25. The molecule has 1 aromatic carbocycles. The maximum atomic E-state index is 11.0. The Kier molecular flexibility index (Phi) is 3.31. The summed E-state index contributed by atoms with van der Waals surface area (Å²) in [6, 6.07) is 7.34. The molecule has 1 atom stereocenters. The van der Waals surface area contributed by atoms with Crippen LogP contribution in [0, 0.1) is 5.92 Å². The van der Waals surface area contributed by atoms with Crippen molar-refractivity contribution in [1.82, 2.24) is 0 Å². The van der Waals surface area contributed by atoms with Crippen molar-refractivity contribution in [3.8, 4) is 0 Å². The Labute approximate surface area is 93.7 Å². The highest BCUT2D eigenvalue weighted by atomic mass is 32.2. The van der Waals surface area contributed by atoms with Gasteiger partial charge in [-0.2, -0.15) is 11.8 Å². The molecule has 3 heteroatoms. The van der Waals surface area contributed by atoms with E-state index in [1.807, 2.05) is 23.9 Å². The SMILES string of the molecule is O=C(O)c1ccccc1CC1CCSC1. The summed E-state index contributed by atoms with van der Waals surface area (Å²) in [4.78, 5) is 11.0. The summed E-state index contributed by atoms with van der Waals surface area (Å²) in [5.74, 6) is 2.25. The first kappa shape index (κ1) is 10.6. The Hall–Kier alpha value is -0.960. The molecule has 0 amide bonds. The Morgan fingerprint density at radius 3 is 2.93 bits per heavy atom. The van der Waals surface area contributed by atoms with Crippen molar-refractivity contribution in [2.24, 2.45) is 5.92 Å². The van der Waals surface area contributed by atoms with Gasteiger partial charge in [-0.25, -0.2) is 4.79 Å². The van der Waals surface area contributed by atoms with E-state index in [0.29, 0.717) is 11.5 Å². The van der Waals surface area contributed by atoms with Crippen LogP contribution in [0.5, 0.6) is 0 Å². The van der Waals surface area contributed by atoms with Crippen LogP contribution >= 0.6 is 11.8 Å². The van der Waals surface area contributed by atoms with Gasteiger partial charge >= 0.3 is 5.97 Å². The molecule has 80 valence electrons. The fraction of sp³-hybridized carbons (Fsp3) is 0.417. The molecule has 1 N–H and O–H groups in total. The first-order valence-electron chi connectivity index (χ1n) is 5.16. The first-order chi connectivity index (χ1) is 7.27. The van der Waals surface area contributed by atoms with Gasteiger partial charge in [-0.1, -0.05) is 18.2 Å². The highest BCUT2D eigenvalue weighted by Crippen LogP contribution is 2.27. The largest absolute Gasteiger partial charge is 0.478 e. The van der Waals surface area contributed by atoms with E-state index in [2.05, 4.69) is 0 Å². The molecule has 1 heterocycles. The van der Waals surface area contributed by atoms with Crippen LogP contribution in [-0.4, -0.2) is 22.6 Å².